The van der Waals surface area contributed by atoms with Crippen molar-refractivity contribution in [2.24, 2.45) is 0 Å². The van der Waals surface area contributed by atoms with E-state index in [0.29, 0.717) is 0 Å². The predicted molar refractivity (Wildman–Crippen MR) is 83.8 cm³/mol. The van der Waals surface area contributed by atoms with Crippen molar-refractivity contribution in [1.82, 2.24) is 10.2 Å². The Labute approximate surface area is 139 Å². The van der Waals surface area contributed by atoms with Crippen molar-refractivity contribution >= 4 is 23.6 Å². The van der Waals surface area contributed by atoms with E-state index in [4.69, 9.17) is 0 Å². The maximum absolute atomic E-state index is 13.6. The molecule has 3 rings (SSSR count). The smallest absolute Gasteiger partial charge is 0.262 e. The first-order chi connectivity index (χ1) is 11.3. The number of imide groups is 2. The number of nitrogens with one attached hydrogen (secondary N) is 1. The van der Waals surface area contributed by atoms with Crippen LogP contribution in [0.25, 0.3) is 0 Å². The Kier molecular flexibility index (Phi) is 5.11. The van der Waals surface area contributed by atoms with Crippen molar-refractivity contribution in [3.63, 3.8) is 0 Å². The van der Waals surface area contributed by atoms with Gasteiger partial charge in [0.2, 0.25) is 11.8 Å². The fourth-order valence-electron chi connectivity index (χ4n) is 2.60. The van der Waals surface area contributed by atoms with Gasteiger partial charge < -0.3 is 0 Å². The minimum absolute atomic E-state index is 0.0483. The third kappa shape index (κ3) is 3.06. The number of hydrogen-bond acceptors (Lipinski definition) is 4. The number of rotatable bonds is 1. The summed E-state index contributed by atoms with van der Waals surface area (Å²) in [5.41, 5.74) is 0.288. The van der Waals surface area contributed by atoms with Gasteiger partial charge in [0.1, 0.15) is 11.9 Å². The van der Waals surface area contributed by atoms with Crippen molar-refractivity contribution in [2.75, 3.05) is 0 Å². The average molecular weight is 334 g/mol. The molecule has 24 heavy (non-hydrogen) atoms. The Bertz CT molecular complexity index is 689. The van der Waals surface area contributed by atoms with Crippen molar-refractivity contribution < 1.29 is 23.6 Å². The molecule has 6 nitrogen and oxygen atoms in total. The van der Waals surface area contributed by atoms with Crippen LogP contribution >= 0.6 is 0 Å². The van der Waals surface area contributed by atoms with Crippen LogP contribution in [0.4, 0.5) is 4.39 Å². The van der Waals surface area contributed by atoms with Crippen LogP contribution in [-0.4, -0.2) is 34.6 Å². The van der Waals surface area contributed by atoms with E-state index < -0.39 is 35.5 Å². The number of hydrogen-bond donors (Lipinski definition) is 1. The van der Waals surface area contributed by atoms with Crippen molar-refractivity contribution in [1.29, 1.82) is 0 Å². The summed E-state index contributed by atoms with van der Waals surface area (Å²) in [7, 11) is 0. The lowest BCUT2D eigenvalue weighted by Gasteiger charge is -2.27. The number of fused-ring (bicyclic) bond motifs is 1. The highest BCUT2D eigenvalue weighted by molar-refractivity contribution is 6.23. The van der Waals surface area contributed by atoms with E-state index in [0.717, 1.165) is 11.0 Å². The molecule has 0 bridgehead atoms. The van der Waals surface area contributed by atoms with Gasteiger partial charge in [0, 0.05) is 6.42 Å². The van der Waals surface area contributed by atoms with Gasteiger partial charge in [-0.15, -0.1) is 0 Å². The summed E-state index contributed by atoms with van der Waals surface area (Å²) < 4.78 is 13.6. The summed E-state index contributed by atoms with van der Waals surface area (Å²) in [6, 6.07) is 1.28. The SMILES string of the molecule is CCC.Cc1cc2c(cc1F)C(=O)N(C1CCC(=O)NC1=O)C2=O. The lowest BCUT2D eigenvalue weighted by molar-refractivity contribution is -0.136. The molecule has 1 saturated heterocycles. The van der Waals surface area contributed by atoms with E-state index in [1.807, 2.05) is 0 Å². The highest BCUT2D eigenvalue weighted by atomic mass is 19.1. The molecule has 1 N–H and O–H groups in total. The topological polar surface area (TPSA) is 83.6 Å². The van der Waals surface area contributed by atoms with Crippen LogP contribution in [0, 0.1) is 12.7 Å². The lowest BCUT2D eigenvalue weighted by atomic mass is 10.0. The fraction of sp³-hybridized carbons (Fsp3) is 0.412. The van der Waals surface area contributed by atoms with Crippen LogP contribution in [0.2, 0.25) is 0 Å². The molecule has 7 heteroatoms. The highest BCUT2D eigenvalue weighted by Gasteiger charge is 2.44. The summed E-state index contributed by atoms with van der Waals surface area (Å²) in [6.07, 6.45) is 1.38. The molecule has 4 amide bonds. The zero-order valence-corrected chi connectivity index (χ0v) is 13.8. The second-order valence-electron chi connectivity index (χ2n) is 5.80. The van der Waals surface area contributed by atoms with Crippen LogP contribution < -0.4 is 5.32 Å². The number of aryl methyl sites for hydroxylation is 1. The quantitative estimate of drug-likeness (QED) is 0.796. The Morgan fingerprint density at radius 2 is 1.67 bits per heavy atom. The molecule has 0 saturated carbocycles. The summed E-state index contributed by atoms with van der Waals surface area (Å²) in [5, 5.41) is 2.10. The molecule has 0 aromatic heterocycles. The molecule has 1 atom stereocenters. The summed E-state index contributed by atoms with van der Waals surface area (Å²) >= 11 is 0. The van der Waals surface area contributed by atoms with Gasteiger partial charge in [-0.3, -0.25) is 29.4 Å². The molecule has 0 spiro atoms. The largest absolute Gasteiger partial charge is 0.295 e. The number of nitrogens with zero attached hydrogens (tertiary/aromatic N) is 1. The first-order valence-corrected chi connectivity index (χ1v) is 7.83. The van der Waals surface area contributed by atoms with Crippen LogP contribution in [0.1, 0.15) is 59.4 Å². The normalized spacial score (nSPS) is 19.7. The van der Waals surface area contributed by atoms with Gasteiger partial charge in [0.25, 0.3) is 11.8 Å². The van der Waals surface area contributed by atoms with Gasteiger partial charge >= 0.3 is 0 Å². The number of benzene rings is 1. The molecule has 2 aliphatic heterocycles. The van der Waals surface area contributed by atoms with Gasteiger partial charge in [0.15, 0.2) is 0 Å². The molecular weight excluding hydrogens is 315 g/mol. The second-order valence-corrected chi connectivity index (χ2v) is 5.80. The van der Waals surface area contributed by atoms with Gasteiger partial charge in [-0.1, -0.05) is 20.3 Å². The second kappa shape index (κ2) is 6.90. The molecule has 1 aromatic rings. The molecule has 2 aliphatic rings. The monoisotopic (exact) mass is 334 g/mol. The minimum atomic E-state index is -1.03. The lowest BCUT2D eigenvalue weighted by Crippen LogP contribution is -2.54. The Morgan fingerprint density at radius 3 is 2.21 bits per heavy atom. The number of amides is 4. The molecule has 0 radical (unpaired) electrons. The maximum Gasteiger partial charge on any atom is 0.262 e. The van der Waals surface area contributed by atoms with Crippen LogP contribution in [0.3, 0.4) is 0 Å². The third-order valence-electron chi connectivity index (χ3n) is 3.72. The first-order valence-electron chi connectivity index (χ1n) is 7.83. The van der Waals surface area contributed by atoms with Crippen molar-refractivity contribution in [3.05, 3.63) is 34.6 Å². The third-order valence-corrected chi connectivity index (χ3v) is 3.72. The van der Waals surface area contributed by atoms with Gasteiger partial charge in [-0.05, 0) is 31.0 Å². The average Bonchev–Trinajstić information content (AvgIpc) is 2.73. The van der Waals surface area contributed by atoms with Crippen molar-refractivity contribution in [3.8, 4) is 0 Å². The van der Waals surface area contributed by atoms with Crippen LogP contribution in [0.5, 0.6) is 0 Å². The van der Waals surface area contributed by atoms with Crippen LogP contribution in [0.15, 0.2) is 12.1 Å². The standard InChI is InChI=1S/C14H11FN2O4.C3H8/c1-6-4-7-8(5-9(6)15)14(21)17(13(7)20)10-2-3-11(18)16-12(10)19;1-3-2/h4-5,10H,2-3H2,1H3,(H,16,18,19);3H2,1-2H3. The van der Waals surface area contributed by atoms with Gasteiger partial charge in [-0.2, -0.15) is 0 Å². The van der Waals surface area contributed by atoms with E-state index in [-0.39, 0.29) is 29.5 Å². The van der Waals surface area contributed by atoms with Gasteiger partial charge in [0.05, 0.1) is 11.1 Å². The summed E-state index contributed by atoms with van der Waals surface area (Å²) in [5.74, 6) is -3.04. The van der Waals surface area contributed by atoms with Crippen molar-refractivity contribution in [2.45, 2.75) is 46.1 Å². The summed E-state index contributed by atoms with van der Waals surface area (Å²) in [4.78, 5) is 48.3. The molecule has 0 aliphatic carbocycles. The Morgan fingerprint density at radius 1 is 1.12 bits per heavy atom. The first kappa shape index (κ1) is 17.8. The molecule has 1 aromatic carbocycles. The molecule has 1 unspecified atom stereocenters. The van der Waals surface area contributed by atoms with E-state index >= 15 is 0 Å². The van der Waals surface area contributed by atoms with Gasteiger partial charge in [-0.25, -0.2) is 4.39 Å². The molecular formula is C17H19FN2O4. The molecule has 128 valence electrons. The number of carbonyl (C=O) groups is 4. The zero-order chi connectivity index (χ0) is 18.0. The Balaban J connectivity index is 0.000000647. The zero-order valence-electron chi connectivity index (χ0n) is 13.8. The summed E-state index contributed by atoms with van der Waals surface area (Å²) in [6.45, 7) is 5.74. The number of halogens is 1. The van der Waals surface area contributed by atoms with E-state index in [1.165, 1.54) is 19.4 Å². The number of piperidine rings is 1. The fourth-order valence-corrected chi connectivity index (χ4v) is 2.60. The van der Waals surface area contributed by atoms with Crippen LogP contribution in [-0.2, 0) is 9.59 Å². The Hall–Kier alpha value is -2.57. The molecule has 1 fully saturated rings. The predicted octanol–water partition coefficient (Wildman–Crippen LogP) is 1.95. The maximum atomic E-state index is 13.6. The molecule has 2 heterocycles. The van der Waals surface area contributed by atoms with E-state index in [1.54, 1.807) is 0 Å². The minimum Gasteiger partial charge on any atom is -0.295 e. The van der Waals surface area contributed by atoms with E-state index in [9.17, 15) is 23.6 Å². The number of carbonyl (C=O) groups excluding carboxylic acids is 4. The van der Waals surface area contributed by atoms with E-state index in [2.05, 4.69) is 19.2 Å². The highest BCUT2D eigenvalue weighted by Crippen LogP contribution is 2.29.